The van der Waals surface area contributed by atoms with Crippen LogP contribution in [0.5, 0.6) is 0 Å². The monoisotopic (exact) mass is 345 g/mol. The lowest BCUT2D eigenvalue weighted by molar-refractivity contribution is 0.0574. The summed E-state index contributed by atoms with van der Waals surface area (Å²) in [6, 6.07) is 8.32. The van der Waals surface area contributed by atoms with Gasteiger partial charge in [-0.2, -0.15) is 0 Å². The molecular weight excluding hydrogens is 314 g/mol. The van der Waals surface area contributed by atoms with Crippen molar-refractivity contribution in [3.63, 3.8) is 0 Å². The Balaban J connectivity index is 1.60. The lowest BCUT2D eigenvalue weighted by Crippen LogP contribution is -2.44. The Labute approximate surface area is 151 Å². The van der Waals surface area contributed by atoms with Crippen LogP contribution in [0.3, 0.4) is 0 Å². The zero-order valence-electron chi connectivity index (χ0n) is 15.4. The molecule has 1 amide bonds. The summed E-state index contributed by atoms with van der Waals surface area (Å²) in [4.78, 5) is 19.6. The molecule has 0 spiro atoms. The lowest BCUT2D eigenvalue weighted by Gasteiger charge is -2.35. The van der Waals surface area contributed by atoms with Crippen LogP contribution < -0.4 is 0 Å². The van der Waals surface area contributed by atoms with Crippen molar-refractivity contribution in [3.8, 4) is 0 Å². The van der Waals surface area contributed by atoms with E-state index in [4.69, 9.17) is 0 Å². The maximum absolute atomic E-state index is 12.9. The van der Waals surface area contributed by atoms with E-state index in [0.29, 0.717) is 6.42 Å². The molecule has 0 radical (unpaired) electrons. The summed E-state index contributed by atoms with van der Waals surface area (Å²) in [5.74, 6) is 0.115. The second-order valence-corrected chi connectivity index (χ2v) is 7.44. The van der Waals surface area contributed by atoms with E-state index < -0.39 is 0 Å². The third-order valence-electron chi connectivity index (χ3n) is 5.55. The van der Waals surface area contributed by atoms with E-state index >= 15 is 0 Å². The number of piperidine rings is 1. The predicted molar refractivity (Wildman–Crippen MR) is 99.6 cm³/mol. The highest BCUT2D eigenvalue weighted by Gasteiger charge is 2.27. The van der Waals surface area contributed by atoms with E-state index in [1.165, 1.54) is 5.56 Å². The zero-order valence-corrected chi connectivity index (χ0v) is 15.4. The molecule has 2 heterocycles. The Morgan fingerprint density at radius 2 is 1.80 bits per heavy atom. The summed E-state index contributed by atoms with van der Waals surface area (Å²) < 4.78 is 0. The average Bonchev–Trinajstić information content (AvgIpc) is 2.64. The van der Waals surface area contributed by atoms with Gasteiger partial charge in [0.25, 0.3) is 5.91 Å². The summed E-state index contributed by atoms with van der Waals surface area (Å²) in [6.07, 6.45) is 3.91. The topological polar surface area (TPSA) is 47.0 Å². The van der Waals surface area contributed by atoms with Gasteiger partial charge in [0.15, 0.2) is 0 Å². The zero-order chi connectivity index (χ0) is 17.6. The van der Waals surface area contributed by atoms with Gasteiger partial charge in [-0.3, -0.25) is 9.69 Å². The Morgan fingerprint density at radius 1 is 1.08 bits per heavy atom. The molecule has 25 heavy (non-hydrogen) atoms. The summed E-state index contributed by atoms with van der Waals surface area (Å²) in [5.41, 5.74) is 2.04. The van der Waals surface area contributed by atoms with Gasteiger partial charge in [0.1, 0.15) is 0 Å². The number of nitrogens with zero attached hydrogens (tertiary/aromatic N) is 3. The van der Waals surface area contributed by atoms with Crippen molar-refractivity contribution in [2.75, 3.05) is 46.4 Å². The third-order valence-corrected chi connectivity index (χ3v) is 5.55. The number of aliphatic hydroxyl groups excluding tert-OH is 1. The first-order valence-electron chi connectivity index (χ1n) is 9.59. The van der Waals surface area contributed by atoms with E-state index in [1.807, 2.05) is 17.0 Å². The van der Waals surface area contributed by atoms with Gasteiger partial charge in [-0.15, -0.1) is 0 Å². The first-order chi connectivity index (χ1) is 12.2. The quantitative estimate of drug-likeness (QED) is 0.884. The van der Waals surface area contributed by atoms with Crippen molar-refractivity contribution < 1.29 is 9.90 Å². The van der Waals surface area contributed by atoms with Crippen LogP contribution in [0, 0.1) is 0 Å². The SMILES string of the molecule is CN1CCN(Cc2ccc(C(=O)N3CCCCC3CCO)cc2)CC1. The van der Waals surface area contributed by atoms with Gasteiger partial charge in [0.05, 0.1) is 0 Å². The summed E-state index contributed by atoms with van der Waals surface area (Å²) in [7, 11) is 2.17. The van der Waals surface area contributed by atoms with Crippen molar-refractivity contribution in [2.24, 2.45) is 0 Å². The van der Waals surface area contributed by atoms with Gasteiger partial charge >= 0.3 is 0 Å². The van der Waals surface area contributed by atoms with Crippen LogP contribution in [-0.2, 0) is 6.54 Å². The number of carbonyl (C=O) groups excluding carboxylic acids is 1. The van der Waals surface area contributed by atoms with Gasteiger partial charge in [0.2, 0.25) is 0 Å². The molecule has 0 aliphatic carbocycles. The predicted octanol–water partition coefficient (Wildman–Crippen LogP) is 1.81. The van der Waals surface area contributed by atoms with Crippen molar-refractivity contribution >= 4 is 5.91 Å². The molecule has 2 aliphatic rings. The van der Waals surface area contributed by atoms with Crippen LogP contribution in [-0.4, -0.2) is 78.1 Å². The van der Waals surface area contributed by atoms with E-state index in [2.05, 4.69) is 29.0 Å². The van der Waals surface area contributed by atoms with Crippen molar-refractivity contribution in [2.45, 2.75) is 38.3 Å². The van der Waals surface area contributed by atoms with Crippen molar-refractivity contribution in [1.82, 2.24) is 14.7 Å². The third kappa shape index (κ3) is 4.81. The van der Waals surface area contributed by atoms with Crippen LogP contribution in [0.4, 0.5) is 0 Å². The molecule has 0 aromatic heterocycles. The minimum Gasteiger partial charge on any atom is -0.396 e. The fraction of sp³-hybridized carbons (Fsp3) is 0.650. The fourth-order valence-corrected chi connectivity index (χ4v) is 3.90. The molecule has 138 valence electrons. The molecule has 5 nitrogen and oxygen atoms in total. The minimum atomic E-state index is 0.115. The van der Waals surface area contributed by atoms with Gasteiger partial charge in [-0.25, -0.2) is 0 Å². The Morgan fingerprint density at radius 3 is 2.48 bits per heavy atom. The van der Waals surface area contributed by atoms with E-state index in [9.17, 15) is 9.90 Å². The molecule has 0 bridgehead atoms. The van der Waals surface area contributed by atoms with Crippen LogP contribution >= 0.6 is 0 Å². The number of amides is 1. The smallest absolute Gasteiger partial charge is 0.254 e. The molecule has 3 rings (SSSR count). The highest BCUT2D eigenvalue weighted by Crippen LogP contribution is 2.22. The van der Waals surface area contributed by atoms with Crippen LogP contribution in [0.2, 0.25) is 0 Å². The number of likely N-dealkylation sites (N-methyl/N-ethyl adjacent to an activating group) is 1. The molecule has 0 saturated carbocycles. The van der Waals surface area contributed by atoms with Gasteiger partial charge in [0, 0.05) is 57.5 Å². The van der Waals surface area contributed by atoms with E-state index in [0.717, 1.165) is 64.1 Å². The number of aliphatic hydroxyl groups is 1. The van der Waals surface area contributed by atoms with Gasteiger partial charge in [-0.1, -0.05) is 12.1 Å². The Bertz CT molecular complexity index is 551. The van der Waals surface area contributed by atoms with Gasteiger partial charge < -0.3 is 14.9 Å². The average molecular weight is 345 g/mol. The molecule has 1 atom stereocenters. The van der Waals surface area contributed by atoms with Crippen LogP contribution in [0.1, 0.15) is 41.6 Å². The Hall–Kier alpha value is -1.43. The molecule has 1 aromatic rings. The van der Waals surface area contributed by atoms with Crippen LogP contribution in [0.25, 0.3) is 0 Å². The maximum Gasteiger partial charge on any atom is 0.254 e. The number of hydrogen-bond acceptors (Lipinski definition) is 4. The van der Waals surface area contributed by atoms with E-state index in [-0.39, 0.29) is 18.6 Å². The van der Waals surface area contributed by atoms with Crippen molar-refractivity contribution in [1.29, 1.82) is 0 Å². The molecule has 5 heteroatoms. The molecule has 1 N–H and O–H groups in total. The summed E-state index contributed by atoms with van der Waals surface area (Å²) in [5, 5.41) is 9.25. The molecule has 1 unspecified atom stereocenters. The Kier molecular flexibility index (Phi) is 6.45. The number of hydrogen-bond donors (Lipinski definition) is 1. The fourth-order valence-electron chi connectivity index (χ4n) is 3.90. The number of likely N-dealkylation sites (tertiary alicyclic amines) is 1. The normalized spacial score (nSPS) is 23.0. The van der Waals surface area contributed by atoms with Gasteiger partial charge in [-0.05, 0) is 50.4 Å². The number of rotatable bonds is 5. The molecular formula is C20H31N3O2. The second kappa shape index (κ2) is 8.79. The largest absolute Gasteiger partial charge is 0.396 e. The maximum atomic E-state index is 12.9. The number of benzene rings is 1. The molecule has 2 aliphatic heterocycles. The highest BCUT2D eigenvalue weighted by molar-refractivity contribution is 5.94. The van der Waals surface area contributed by atoms with Crippen molar-refractivity contribution in [3.05, 3.63) is 35.4 Å². The summed E-state index contributed by atoms with van der Waals surface area (Å²) >= 11 is 0. The molecule has 2 saturated heterocycles. The number of piperazine rings is 1. The lowest BCUT2D eigenvalue weighted by atomic mass is 9.98. The number of carbonyl (C=O) groups is 1. The molecule has 2 fully saturated rings. The minimum absolute atomic E-state index is 0.115. The molecule has 1 aromatic carbocycles. The summed E-state index contributed by atoms with van der Waals surface area (Å²) in [6.45, 7) is 6.38. The standard InChI is InChI=1S/C20H31N3O2/c1-21-11-13-22(14-12-21)16-17-5-7-18(8-6-17)20(25)23-10-3-2-4-19(23)9-15-24/h5-8,19,24H,2-4,9-16H2,1H3. The first-order valence-corrected chi connectivity index (χ1v) is 9.59. The highest BCUT2D eigenvalue weighted by atomic mass is 16.3. The second-order valence-electron chi connectivity index (χ2n) is 7.44. The van der Waals surface area contributed by atoms with E-state index in [1.54, 1.807) is 0 Å². The first kappa shape index (κ1) is 18.4. The van der Waals surface area contributed by atoms with Crippen LogP contribution in [0.15, 0.2) is 24.3 Å².